The Kier molecular flexibility index (Phi) is 2.28. The molecule has 0 spiro atoms. The number of piperidine rings is 1. The van der Waals surface area contributed by atoms with Crippen LogP contribution in [0.5, 0.6) is 0 Å². The summed E-state index contributed by atoms with van der Waals surface area (Å²) >= 11 is 3.29. The van der Waals surface area contributed by atoms with Gasteiger partial charge in [0, 0.05) is 17.6 Å². The molecule has 1 amide bonds. The molecule has 1 aromatic rings. The average molecular weight is 284 g/mol. The highest BCUT2D eigenvalue weighted by atomic mass is 79.9. The number of carbonyl (C=O) groups excluding carboxylic acids is 1. The number of rotatable bonds is 1. The van der Waals surface area contributed by atoms with E-state index in [2.05, 4.69) is 15.9 Å². The van der Waals surface area contributed by atoms with Crippen LogP contribution >= 0.6 is 15.9 Å². The van der Waals surface area contributed by atoms with Crippen molar-refractivity contribution in [2.24, 2.45) is 11.8 Å². The zero-order valence-corrected chi connectivity index (χ0v) is 10.2. The molecule has 2 unspecified atom stereocenters. The van der Waals surface area contributed by atoms with Gasteiger partial charge in [-0.25, -0.2) is 4.39 Å². The summed E-state index contributed by atoms with van der Waals surface area (Å²) in [6, 6.07) is 4.23. The van der Waals surface area contributed by atoms with Crippen molar-refractivity contribution >= 4 is 21.8 Å². The molecule has 0 bridgehead atoms. The fraction of sp³-hybridized carbons (Fsp3) is 0.417. The van der Waals surface area contributed by atoms with Crippen molar-refractivity contribution in [3.05, 3.63) is 34.1 Å². The zero-order valence-electron chi connectivity index (χ0n) is 8.62. The molecule has 0 aromatic heterocycles. The molecule has 1 aliphatic carbocycles. The van der Waals surface area contributed by atoms with Gasteiger partial charge in [0.2, 0.25) is 0 Å². The monoisotopic (exact) mass is 283 g/mol. The minimum atomic E-state index is -0.365. The minimum absolute atomic E-state index is 0.0569. The van der Waals surface area contributed by atoms with E-state index in [1.54, 1.807) is 6.07 Å². The molecule has 1 aromatic carbocycles. The van der Waals surface area contributed by atoms with Crippen molar-refractivity contribution in [3.8, 4) is 0 Å². The Balaban J connectivity index is 1.85. The third-order valence-corrected chi connectivity index (χ3v) is 4.12. The molecule has 1 aliphatic heterocycles. The number of benzene rings is 1. The number of carbonyl (C=O) groups is 1. The second-order valence-electron chi connectivity index (χ2n) is 4.59. The van der Waals surface area contributed by atoms with Crippen LogP contribution in [0.2, 0.25) is 0 Å². The normalized spacial score (nSPS) is 26.8. The maximum absolute atomic E-state index is 13.1. The van der Waals surface area contributed by atoms with Crippen molar-refractivity contribution in [2.75, 3.05) is 13.1 Å². The summed E-state index contributed by atoms with van der Waals surface area (Å²) in [5.74, 6) is 0.988. The van der Waals surface area contributed by atoms with Crippen molar-refractivity contribution in [3.63, 3.8) is 0 Å². The molecule has 1 saturated heterocycles. The van der Waals surface area contributed by atoms with Crippen molar-refractivity contribution < 1.29 is 9.18 Å². The maximum atomic E-state index is 13.1. The quantitative estimate of drug-likeness (QED) is 0.776. The van der Waals surface area contributed by atoms with E-state index in [-0.39, 0.29) is 11.7 Å². The van der Waals surface area contributed by atoms with Crippen LogP contribution in [-0.2, 0) is 0 Å². The van der Waals surface area contributed by atoms with Gasteiger partial charge in [-0.2, -0.15) is 0 Å². The van der Waals surface area contributed by atoms with Crippen LogP contribution in [-0.4, -0.2) is 23.9 Å². The van der Waals surface area contributed by atoms with Crippen LogP contribution in [0.15, 0.2) is 22.7 Å². The van der Waals surface area contributed by atoms with Gasteiger partial charge >= 0.3 is 0 Å². The van der Waals surface area contributed by atoms with Crippen LogP contribution < -0.4 is 0 Å². The molecule has 2 fully saturated rings. The molecular formula is C12H11BrFNO. The number of halogens is 2. The lowest BCUT2D eigenvalue weighted by molar-refractivity contribution is 0.0774. The molecule has 1 saturated carbocycles. The Labute approximate surface area is 102 Å². The van der Waals surface area contributed by atoms with Crippen LogP contribution in [0, 0.1) is 17.7 Å². The second-order valence-corrected chi connectivity index (χ2v) is 5.44. The second kappa shape index (κ2) is 3.55. The SMILES string of the molecule is O=C(c1cc(F)ccc1Br)N1CC2CC2C1. The standard InChI is InChI=1S/C12H11BrFNO/c13-11-2-1-9(14)4-10(11)12(16)15-5-7-3-8(7)6-15/h1-2,4,7-8H,3,5-6H2. The Hall–Kier alpha value is -0.900. The number of hydrogen-bond donors (Lipinski definition) is 0. The van der Waals surface area contributed by atoms with Gasteiger partial charge in [0.25, 0.3) is 5.91 Å². The predicted octanol–water partition coefficient (Wildman–Crippen LogP) is 2.68. The number of amides is 1. The Bertz CT molecular complexity index is 452. The third-order valence-electron chi connectivity index (χ3n) is 3.42. The van der Waals surface area contributed by atoms with Gasteiger partial charge in [0.1, 0.15) is 5.82 Å². The fourth-order valence-corrected chi connectivity index (χ4v) is 2.81. The first kappa shape index (κ1) is 10.3. The van der Waals surface area contributed by atoms with Crippen LogP contribution in [0.25, 0.3) is 0 Å². The molecule has 2 aliphatic rings. The van der Waals surface area contributed by atoms with E-state index in [1.165, 1.54) is 18.6 Å². The lowest BCUT2D eigenvalue weighted by Gasteiger charge is -2.18. The fourth-order valence-electron chi connectivity index (χ4n) is 2.40. The van der Waals surface area contributed by atoms with E-state index >= 15 is 0 Å². The van der Waals surface area contributed by atoms with Crippen LogP contribution in [0.4, 0.5) is 4.39 Å². The van der Waals surface area contributed by atoms with Crippen molar-refractivity contribution in [1.82, 2.24) is 4.90 Å². The molecule has 4 heteroatoms. The average Bonchev–Trinajstić information content (AvgIpc) is 2.88. The molecule has 0 radical (unpaired) electrons. The first-order valence-corrected chi connectivity index (χ1v) is 6.19. The first-order chi connectivity index (χ1) is 7.65. The lowest BCUT2D eigenvalue weighted by Crippen LogP contribution is -2.30. The van der Waals surface area contributed by atoms with E-state index in [0.29, 0.717) is 21.9 Å². The van der Waals surface area contributed by atoms with E-state index in [0.717, 1.165) is 13.1 Å². The van der Waals surface area contributed by atoms with Gasteiger partial charge in [-0.05, 0) is 52.4 Å². The van der Waals surface area contributed by atoms with E-state index < -0.39 is 0 Å². The first-order valence-electron chi connectivity index (χ1n) is 5.39. The van der Waals surface area contributed by atoms with E-state index in [1.807, 2.05) is 4.90 Å². The zero-order chi connectivity index (χ0) is 11.3. The topological polar surface area (TPSA) is 20.3 Å². The summed E-state index contributed by atoms with van der Waals surface area (Å²) in [7, 11) is 0. The highest BCUT2D eigenvalue weighted by Gasteiger charge is 2.46. The smallest absolute Gasteiger partial charge is 0.255 e. The van der Waals surface area contributed by atoms with Crippen molar-refractivity contribution in [2.45, 2.75) is 6.42 Å². The molecule has 2 nitrogen and oxygen atoms in total. The Morgan fingerprint density at radius 2 is 2.06 bits per heavy atom. The summed E-state index contributed by atoms with van der Waals surface area (Å²) in [5.41, 5.74) is 0.432. The number of fused-ring (bicyclic) bond motifs is 1. The number of likely N-dealkylation sites (tertiary alicyclic amines) is 1. The molecule has 1 heterocycles. The van der Waals surface area contributed by atoms with Crippen molar-refractivity contribution in [1.29, 1.82) is 0 Å². The highest BCUT2D eigenvalue weighted by Crippen LogP contribution is 2.45. The number of nitrogens with zero attached hydrogens (tertiary/aromatic N) is 1. The van der Waals surface area contributed by atoms with Crippen LogP contribution in [0.1, 0.15) is 16.8 Å². The molecule has 16 heavy (non-hydrogen) atoms. The van der Waals surface area contributed by atoms with Gasteiger partial charge in [0.15, 0.2) is 0 Å². The summed E-state index contributed by atoms with van der Waals surface area (Å²) in [5, 5.41) is 0. The molecule has 0 N–H and O–H groups in total. The largest absolute Gasteiger partial charge is 0.338 e. The minimum Gasteiger partial charge on any atom is -0.338 e. The lowest BCUT2D eigenvalue weighted by atomic mass is 10.2. The van der Waals surface area contributed by atoms with E-state index in [9.17, 15) is 9.18 Å². The predicted molar refractivity (Wildman–Crippen MR) is 61.6 cm³/mol. The summed E-state index contributed by atoms with van der Waals surface area (Å²) in [6.45, 7) is 1.68. The highest BCUT2D eigenvalue weighted by molar-refractivity contribution is 9.10. The van der Waals surface area contributed by atoms with Gasteiger partial charge < -0.3 is 4.90 Å². The van der Waals surface area contributed by atoms with Gasteiger partial charge in [-0.1, -0.05) is 0 Å². The molecule has 3 rings (SSSR count). The summed E-state index contributed by atoms with van der Waals surface area (Å²) < 4.78 is 13.8. The van der Waals surface area contributed by atoms with Crippen LogP contribution in [0.3, 0.4) is 0 Å². The summed E-state index contributed by atoms with van der Waals surface area (Å²) in [6.07, 6.45) is 1.26. The third kappa shape index (κ3) is 1.65. The Morgan fingerprint density at radius 1 is 1.38 bits per heavy atom. The van der Waals surface area contributed by atoms with Gasteiger partial charge in [-0.3, -0.25) is 4.79 Å². The molecular weight excluding hydrogens is 273 g/mol. The number of hydrogen-bond acceptors (Lipinski definition) is 1. The van der Waals surface area contributed by atoms with Gasteiger partial charge in [-0.15, -0.1) is 0 Å². The Morgan fingerprint density at radius 3 is 2.75 bits per heavy atom. The van der Waals surface area contributed by atoms with E-state index in [4.69, 9.17) is 0 Å². The molecule has 84 valence electrons. The summed E-state index contributed by atoms with van der Waals surface area (Å²) in [4.78, 5) is 13.9. The maximum Gasteiger partial charge on any atom is 0.255 e. The molecule has 2 atom stereocenters. The van der Waals surface area contributed by atoms with Gasteiger partial charge in [0.05, 0.1) is 5.56 Å².